The Bertz CT molecular complexity index is 564. The lowest BCUT2D eigenvalue weighted by Crippen LogP contribution is -2.30. The molecule has 6 nitrogen and oxygen atoms in total. The molecule has 1 heterocycles. The second kappa shape index (κ2) is 5.26. The molecule has 1 aromatic rings. The monoisotopic (exact) mass is 264 g/mol. The van der Waals surface area contributed by atoms with Gasteiger partial charge in [0, 0.05) is 19.3 Å². The van der Waals surface area contributed by atoms with Crippen molar-refractivity contribution in [3.05, 3.63) is 28.7 Å². The number of carboxylic acids is 1. The van der Waals surface area contributed by atoms with Gasteiger partial charge in [-0.3, -0.25) is 14.4 Å². The van der Waals surface area contributed by atoms with Gasteiger partial charge in [-0.25, -0.2) is 0 Å². The zero-order valence-corrected chi connectivity index (χ0v) is 10.6. The first kappa shape index (κ1) is 13.3. The van der Waals surface area contributed by atoms with Crippen LogP contribution in [0.25, 0.3) is 0 Å². The summed E-state index contributed by atoms with van der Waals surface area (Å²) in [5, 5.41) is 11.7. The smallest absolute Gasteiger partial charge is 0.307 e. The van der Waals surface area contributed by atoms with E-state index < -0.39 is 17.8 Å². The van der Waals surface area contributed by atoms with Crippen molar-refractivity contribution in [2.75, 3.05) is 5.32 Å². The number of rotatable bonds is 3. The maximum absolute atomic E-state index is 12.1. The highest BCUT2D eigenvalue weighted by molar-refractivity contribution is 5.95. The van der Waals surface area contributed by atoms with E-state index in [1.807, 2.05) is 0 Å². The average Bonchev–Trinajstić information content (AvgIpc) is 2.83. The number of hydrogen-bond acceptors (Lipinski definition) is 3. The molecule has 0 bridgehead atoms. The number of amides is 1. The minimum absolute atomic E-state index is 0.165. The van der Waals surface area contributed by atoms with Gasteiger partial charge in [-0.1, -0.05) is 6.42 Å². The fourth-order valence-corrected chi connectivity index (χ4v) is 2.47. The fourth-order valence-electron chi connectivity index (χ4n) is 2.47. The SMILES string of the molecule is Cn1cc(NC(=O)[C@@H]2CCC[C@@H]2C(=O)O)ccc1=O. The minimum atomic E-state index is -0.918. The molecule has 0 spiro atoms. The maximum atomic E-state index is 12.1. The van der Waals surface area contributed by atoms with Gasteiger partial charge < -0.3 is 15.0 Å². The molecule has 19 heavy (non-hydrogen) atoms. The van der Waals surface area contributed by atoms with Gasteiger partial charge in [0.15, 0.2) is 0 Å². The van der Waals surface area contributed by atoms with E-state index in [9.17, 15) is 14.4 Å². The van der Waals surface area contributed by atoms with E-state index in [1.54, 1.807) is 7.05 Å². The number of carbonyl (C=O) groups is 2. The summed E-state index contributed by atoms with van der Waals surface area (Å²) >= 11 is 0. The van der Waals surface area contributed by atoms with Crippen LogP contribution in [0, 0.1) is 11.8 Å². The fraction of sp³-hybridized carbons (Fsp3) is 0.462. The molecule has 1 aliphatic rings. The number of aliphatic carboxylic acids is 1. The molecular weight excluding hydrogens is 248 g/mol. The highest BCUT2D eigenvalue weighted by atomic mass is 16.4. The summed E-state index contributed by atoms with van der Waals surface area (Å²) in [7, 11) is 1.59. The third-order valence-electron chi connectivity index (χ3n) is 3.52. The van der Waals surface area contributed by atoms with Crippen LogP contribution in [0.5, 0.6) is 0 Å². The van der Waals surface area contributed by atoms with Gasteiger partial charge in [0.05, 0.1) is 17.5 Å². The molecule has 0 aromatic carbocycles. The van der Waals surface area contributed by atoms with Gasteiger partial charge >= 0.3 is 5.97 Å². The molecule has 2 rings (SSSR count). The molecular formula is C13H16N2O4. The van der Waals surface area contributed by atoms with Gasteiger partial charge in [-0.2, -0.15) is 0 Å². The topological polar surface area (TPSA) is 88.4 Å². The summed E-state index contributed by atoms with van der Waals surface area (Å²) in [6, 6.07) is 2.88. The summed E-state index contributed by atoms with van der Waals surface area (Å²) in [5.41, 5.74) is 0.338. The lowest BCUT2D eigenvalue weighted by atomic mass is 9.95. The Labute approximate surface area is 110 Å². The Morgan fingerprint density at radius 3 is 2.63 bits per heavy atom. The van der Waals surface area contributed by atoms with Crippen LogP contribution in [-0.4, -0.2) is 21.6 Å². The van der Waals surface area contributed by atoms with Crippen LogP contribution in [0.3, 0.4) is 0 Å². The summed E-state index contributed by atoms with van der Waals surface area (Å²) in [6.45, 7) is 0. The molecule has 1 amide bonds. The first-order valence-electron chi connectivity index (χ1n) is 6.19. The second-order valence-electron chi connectivity index (χ2n) is 4.84. The van der Waals surface area contributed by atoms with Crippen molar-refractivity contribution in [2.45, 2.75) is 19.3 Å². The minimum Gasteiger partial charge on any atom is -0.481 e. The molecule has 2 atom stereocenters. The lowest BCUT2D eigenvalue weighted by Gasteiger charge is -2.15. The van der Waals surface area contributed by atoms with Crippen LogP contribution in [0.2, 0.25) is 0 Å². The number of pyridine rings is 1. The van der Waals surface area contributed by atoms with Crippen LogP contribution < -0.4 is 10.9 Å². The van der Waals surface area contributed by atoms with Crippen LogP contribution in [-0.2, 0) is 16.6 Å². The average molecular weight is 264 g/mol. The molecule has 1 fully saturated rings. The summed E-state index contributed by atoms with van der Waals surface area (Å²) in [5.74, 6) is -2.30. The highest BCUT2D eigenvalue weighted by Gasteiger charge is 2.37. The predicted molar refractivity (Wildman–Crippen MR) is 68.8 cm³/mol. The van der Waals surface area contributed by atoms with E-state index in [0.29, 0.717) is 18.5 Å². The summed E-state index contributed by atoms with van der Waals surface area (Å²) < 4.78 is 1.36. The largest absolute Gasteiger partial charge is 0.481 e. The third-order valence-corrected chi connectivity index (χ3v) is 3.52. The van der Waals surface area contributed by atoms with Crippen molar-refractivity contribution in [1.29, 1.82) is 0 Å². The quantitative estimate of drug-likeness (QED) is 0.846. The Morgan fingerprint density at radius 1 is 1.32 bits per heavy atom. The molecule has 0 aliphatic heterocycles. The van der Waals surface area contributed by atoms with E-state index >= 15 is 0 Å². The van der Waals surface area contributed by atoms with Gasteiger partial charge in [-0.15, -0.1) is 0 Å². The Morgan fingerprint density at radius 2 is 2.00 bits per heavy atom. The Balaban J connectivity index is 2.10. The number of aryl methyl sites for hydroxylation is 1. The predicted octanol–water partition coefficient (Wildman–Crippen LogP) is 0.825. The zero-order chi connectivity index (χ0) is 14.0. The first-order chi connectivity index (χ1) is 8.99. The summed E-state index contributed by atoms with van der Waals surface area (Å²) in [4.78, 5) is 34.3. The summed E-state index contributed by atoms with van der Waals surface area (Å²) in [6.07, 6.45) is 3.41. The molecule has 1 saturated carbocycles. The van der Waals surface area contributed by atoms with Crippen LogP contribution in [0.15, 0.2) is 23.1 Å². The van der Waals surface area contributed by atoms with E-state index in [1.165, 1.54) is 22.9 Å². The maximum Gasteiger partial charge on any atom is 0.307 e. The zero-order valence-electron chi connectivity index (χ0n) is 10.6. The van der Waals surface area contributed by atoms with Crippen LogP contribution in [0.1, 0.15) is 19.3 Å². The normalized spacial score (nSPS) is 22.2. The van der Waals surface area contributed by atoms with Crippen molar-refractivity contribution >= 4 is 17.6 Å². The van der Waals surface area contributed by atoms with Crippen molar-refractivity contribution in [3.8, 4) is 0 Å². The van der Waals surface area contributed by atoms with E-state index in [-0.39, 0.29) is 11.5 Å². The van der Waals surface area contributed by atoms with Crippen molar-refractivity contribution < 1.29 is 14.7 Å². The lowest BCUT2D eigenvalue weighted by molar-refractivity contribution is -0.145. The number of hydrogen-bond donors (Lipinski definition) is 2. The van der Waals surface area contributed by atoms with Gasteiger partial charge in [0.2, 0.25) is 11.5 Å². The molecule has 2 N–H and O–H groups in total. The first-order valence-corrected chi connectivity index (χ1v) is 6.19. The Kier molecular flexibility index (Phi) is 3.69. The van der Waals surface area contributed by atoms with Gasteiger partial charge in [0.1, 0.15) is 0 Å². The molecule has 0 radical (unpaired) electrons. The van der Waals surface area contributed by atoms with Crippen molar-refractivity contribution in [1.82, 2.24) is 4.57 Å². The number of carboxylic acid groups (broad SMARTS) is 1. The number of nitrogens with one attached hydrogen (secondary N) is 1. The molecule has 1 aliphatic carbocycles. The number of carbonyl (C=O) groups excluding carboxylic acids is 1. The highest BCUT2D eigenvalue weighted by Crippen LogP contribution is 2.32. The van der Waals surface area contributed by atoms with Crippen LogP contribution in [0.4, 0.5) is 5.69 Å². The number of aromatic nitrogens is 1. The molecule has 102 valence electrons. The Hall–Kier alpha value is -2.11. The van der Waals surface area contributed by atoms with Crippen molar-refractivity contribution in [3.63, 3.8) is 0 Å². The van der Waals surface area contributed by atoms with E-state index in [4.69, 9.17) is 5.11 Å². The van der Waals surface area contributed by atoms with E-state index in [2.05, 4.69) is 5.32 Å². The second-order valence-corrected chi connectivity index (χ2v) is 4.84. The standard InChI is InChI=1S/C13H16N2O4/c1-15-7-8(5-6-11(15)16)14-12(17)9-3-2-4-10(9)13(18)19/h5-7,9-10H,2-4H2,1H3,(H,14,17)(H,18,19)/t9-,10+/m1/s1. The third kappa shape index (κ3) is 2.83. The van der Waals surface area contributed by atoms with Gasteiger partial charge in [0.25, 0.3) is 0 Å². The van der Waals surface area contributed by atoms with Crippen molar-refractivity contribution in [2.24, 2.45) is 18.9 Å². The van der Waals surface area contributed by atoms with E-state index in [0.717, 1.165) is 6.42 Å². The molecule has 6 heteroatoms. The van der Waals surface area contributed by atoms with Crippen LogP contribution >= 0.6 is 0 Å². The molecule has 0 saturated heterocycles. The number of nitrogens with zero attached hydrogens (tertiary/aromatic N) is 1. The number of anilines is 1. The molecule has 0 unspecified atom stereocenters. The molecule has 1 aromatic heterocycles. The van der Waals surface area contributed by atoms with Gasteiger partial charge in [-0.05, 0) is 18.9 Å².